The Morgan fingerprint density at radius 2 is 2.00 bits per heavy atom. The van der Waals surface area contributed by atoms with E-state index in [1.165, 1.54) is 6.07 Å². The van der Waals surface area contributed by atoms with E-state index in [2.05, 4.69) is 34.7 Å². The van der Waals surface area contributed by atoms with E-state index in [9.17, 15) is 4.39 Å². The van der Waals surface area contributed by atoms with Crippen LogP contribution in [0, 0.1) is 11.7 Å². The molecule has 1 atom stereocenters. The molecule has 0 spiro atoms. The minimum atomic E-state index is -0.131. The molecule has 3 heteroatoms. The van der Waals surface area contributed by atoms with Crippen molar-refractivity contribution in [1.29, 1.82) is 0 Å². The van der Waals surface area contributed by atoms with Crippen molar-refractivity contribution in [3.05, 3.63) is 30.1 Å². The van der Waals surface area contributed by atoms with E-state index in [0.29, 0.717) is 11.6 Å². The maximum atomic E-state index is 13.6. The van der Waals surface area contributed by atoms with Crippen LogP contribution < -0.4 is 4.90 Å². The highest BCUT2D eigenvalue weighted by Gasteiger charge is 2.13. The smallest absolute Gasteiger partial charge is 0.146 e. The predicted octanol–water partition coefficient (Wildman–Crippen LogP) is 4.07. The number of alkyl halides is 1. The van der Waals surface area contributed by atoms with Gasteiger partial charge < -0.3 is 4.90 Å². The lowest BCUT2D eigenvalue weighted by atomic mass is 10.1. The number of anilines is 1. The number of hydrogen-bond donors (Lipinski definition) is 0. The van der Waals surface area contributed by atoms with Crippen LogP contribution in [0.1, 0.15) is 20.3 Å². The highest BCUT2D eigenvalue weighted by atomic mass is 79.9. The molecule has 1 rings (SSSR count). The topological polar surface area (TPSA) is 3.24 Å². The number of nitrogens with zero attached hydrogens (tertiary/aromatic N) is 1. The molecule has 0 aliphatic heterocycles. The summed E-state index contributed by atoms with van der Waals surface area (Å²) < 4.78 is 13.6. The van der Waals surface area contributed by atoms with E-state index >= 15 is 0 Å². The highest BCUT2D eigenvalue weighted by Crippen LogP contribution is 2.20. The molecule has 90 valence electrons. The zero-order chi connectivity index (χ0) is 12.0. The summed E-state index contributed by atoms with van der Waals surface area (Å²) in [4.78, 5) is 2.10. The van der Waals surface area contributed by atoms with Crippen molar-refractivity contribution < 1.29 is 4.39 Å². The first-order chi connectivity index (χ1) is 7.72. The fraction of sp³-hybridized carbons (Fsp3) is 0.538. The molecule has 0 saturated carbocycles. The van der Waals surface area contributed by atoms with Crippen molar-refractivity contribution in [2.75, 3.05) is 23.3 Å². The maximum absolute atomic E-state index is 13.6. The Bertz CT molecular complexity index is 313. The molecule has 0 aromatic heterocycles. The Balaban J connectivity index is 2.78. The molecule has 0 heterocycles. The average Bonchev–Trinajstić information content (AvgIpc) is 2.32. The van der Waals surface area contributed by atoms with Gasteiger partial charge in [0.2, 0.25) is 0 Å². The van der Waals surface area contributed by atoms with Crippen LogP contribution in [0.3, 0.4) is 0 Å². The summed E-state index contributed by atoms with van der Waals surface area (Å²) in [6.07, 6.45) is 1.11. The molecule has 1 aromatic rings. The first kappa shape index (κ1) is 13.5. The summed E-state index contributed by atoms with van der Waals surface area (Å²) in [6, 6.07) is 6.98. The van der Waals surface area contributed by atoms with Gasteiger partial charge in [0.25, 0.3) is 0 Å². The molecule has 16 heavy (non-hydrogen) atoms. The van der Waals surface area contributed by atoms with Gasteiger partial charge in [-0.2, -0.15) is 0 Å². The summed E-state index contributed by atoms with van der Waals surface area (Å²) >= 11 is 3.50. The predicted molar refractivity (Wildman–Crippen MR) is 71.9 cm³/mol. The van der Waals surface area contributed by atoms with Crippen LogP contribution in [0.4, 0.5) is 10.1 Å². The van der Waals surface area contributed by atoms with E-state index < -0.39 is 0 Å². The molecule has 0 N–H and O–H groups in total. The van der Waals surface area contributed by atoms with Crippen molar-refractivity contribution in [1.82, 2.24) is 0 Å². The van der Waals surface area contributed by atoms with E-state index in [1.807, 2.05) is 12.1 Å². The summed E-state index contributed by atoms with van der Waals surface area (Å²) in [5.41, 5.74) is 0.712. The first-order valence-electron chi connectivity index (χ1n) is 5.78. The first-order valence-corrected chi connectivity index (χ1v) is 6.90. The molecule has 0 aliphatic carbocycles. The Morgan fingerprint density at radius 3 is 2.50 bits per heavy atom. The van der Waals surface area contributed by atoms with Crippen LogP contribution in [0.15, 0.2) is 24.3 Å². The quantitative estimate of drug-likeness (QED) is 0.713. The molecule has 1 aromatic carbocycles. The van der Waals surface area contributed by atoms with Gasteiger partial charge in [-0.1, -0.05) is 41.4 Å². The Hall–Kier alpha value is -0.570. The Kier molecular flexibility index (Phi) is 5.81. The van der Waals surface area contributed by atoms with Crippen LogP contribution >= 0.6 is 15.9 Å². The van der Waals surface area contributed by atoms with E-state index in [1.54, 1.807) is 6.07 Å². The van der Waals surface area contributed by atoms with Crippen LogP contribution in [0.2, 0.25) is 0 Å². The van der Waals surface area contributed by atoms with Gasteiger partial charge in [-0.15, -0.1) is 0 Å². The second-order valence-electron chi connectivity index (χ2n) is 3.92. The number of hydrogen-bond acceptors (Lipinski definition) is 1. The van der Waals surface area contributed by atoms with Gasteiger partial charge in [0, 0.05) is 18.4 Å². The third-order valence-corrected chi connectivity index (χ3v) is 3.76. The Morgan fingerprint density at radius 1 is 1.31 bits per heavy atom. The summed E-state index contributed by atoms with van der Waals surface area (Å²) in [5.74, 6) is 0.438. The van der Waals surface area contributed by atoms with Gasteiger partial charge in [-0.25, -0.2) is 4.39 Å². The van der Waals surface area contributed by atoms with Crippen molar-refractivity contribution in [3.63, 3.8) is 0 Å². The maximum Gasteiger partial charge on any atom is 0.146 e. The highest BCUT2D eigenvalue weighted by molar-refractivity contribution is 9.09. The number of benzene rings is 1. The van der Waals surface area contributed by atoms with Crippen LogP contribution in [0.25, 0.3) is 0 Å². The van der Waals surface area contributed by atoms with Crippen molar-refractivity contribution in [3.8, 4) is 0 Å². The minimum absolute atomic E-state index is 0.131. The molecule has 0 amide bonds. The zero-order valence-corrected chi connectivity index (χ0v) is 11.5. The number of rotatable bonds is 6. The van der Waals surface area contributed by atoms with Gasteiger partial charge in [0.1, 0.15) is 5.82 Å². The molecule has 1 unspecified atom stereocenters. The monoisotopic (exact) mass is 287 g/mol. The van der Waals surface area contributed by atoms with E-state index in [-0.39, 0.29) is 5.82 Å². The Labute approximate surface area is 106 Å². The lowest BCUT2D eigenvalue weighted by molar-refractivity contribution is 0.548. The normalized spacial score (nSPS) is 12.5. The summed E-state index contributed by atoms with van der Waals surface area (Å²) in [6.45, 7) is 5.97. The van der Waals surface area contributed by atoms with E-state index in [4.69, 9.17) is 0 Å². The zero-order valence-electron chi connectivity index (χ0n) is 9.92. The standard InChI is InChI=1S/C13H19BrFN/c1-3-11(9-14)10-16(4-2)13-8-6-5-7-12(13)15/h5-8,11H,3-4,9-10H2,1-2H3. The van der Waals surface area contributed by atoms with Gasteiger partial charge in [0.05, 0.1) is 5.69 Å². The average molecular weight is 288 g/mol. The number of halogens is 2. The molecule has 0 saturated heterocycles. The molecular weight excluding hydrogens is 269 g/mol. The SMILES string of the molecule is CCC(CBr)CN(CC)c1ccccc1F. The molecule has 0 radical (unpaired) electrons. The van der Waals surface area contributed by atoms with Crippen molar-refractivity contribution >= 4 is 21.6 Å². The largest absolute Gasteiger partial charge is 0.369 e. The van der Waals surface area contributed by atoms with E-state index in [0.717, 1.165) is 24.8 Å². The van der Waals surface area contributed by atoms with Gasteiger partial charge in [-0.05, 0) is 25.0 Å². The summed E-state index contributed by atoms with van der Waals surface area (Å²) in [5, 5.41) is 0.967. The molecule has 0 fully saturated rings. The van der Waals surface area contributed by atoms with Gasteiger partial charge >= 0.3 is 0 Å². The van der Waals surface area contributed by atoms with Crippen LogP contribution in [-0.4, -0.2) is 18.4 Å². The van der Waals surface area contributed by atoms with Crippen LogP contribution in [-0.2, 0) is 0 Å². The number of para-hydroxylation sites is 1. The second kappa shape index (κ2) is 6.89. The van der Waals surface area contributed by atoms with Crippen molar-refractivity contribution in [2.45, 2.75) is 20.3 Å². The van der Waals surface area contributed by atoms with Crippen LogP contribution in [0.5, 0.6) is 0 Å². The molecule has 1 nitrogen and oxygen atoms in total. The molecular formula is C13H19BrFN. The summed E-state index contributed by atoms with van der Waals surface area (Å²) in [7, 11) is 0. The van der Waals surface area contributed by atoms with Gasteiger partial charge in [-0.3, -0.25) is 0 Å². The molecule has 0 bridgehead atoms. The van der Waals surface area contributed by atoms with Crippen molar-refractivity contribution in [2.24, 2.45) is 5.92 Å². The lowest BCUT2D eigenvalue weighted by Crippen LogP contribution is -2.30. The minimum Gasteiger partial charge on any atom is -0.369 e. The molecule has 0 aliphatic rings. The fourth-order valence-electron chi connectivity index (χ4n) is 1.70. The second-order valence-corrected chi connectivity index (χ2v) is 4.57. The third kappa shape index (κ3) is 3.48. The lowest BCUT2D eigenvalue weighted by Gasteiger charge is -2.27. The van der Waals surface area contributed by atoms with Gasteiger partial charge in [0.15, 0.2) is 0 Å². The fourth-order valence-corrected chi connectivity index (χ4v) is 2.37. The third-order valence-electron chi connectivity index (χ3n) is 2.85.